The molecule has 0 unspecified atom stereocenters. The predicted octanol–water partition coefficient (Wildman–Crippen LogP) is 3.55. The van der Waals surface area contributed by atoms with E-state index < -0.39 is 0 Å². The van der Waals surface area contributed by atoms with Gasteiger partial charge in [-0.15, -0.1) is 0 Å². The summed E-state index contributed by atoms with van der Waals surface area (Å²) >= 11 is 6.54. The van der Waals surface area contributed by atoms with E-state index in [1.807, 2.05) is 6.07 Å². The summed E-state index contributed by atoms with van der Waals surface area (Å²) in [7, 11) is 0. The van der Waals surface area contributed by atoms with E-state index in [0.29, 0.717) is 27.1 Å². The van der Waals surface area contributed by atoms with E-state index in [0.717, 1.165) is 5.56 Å². The van der Waals surface area contributed by atoms with Crippen molar-refractivity contribution >= 4 is 40.3 Å². The summed E-state index contributed by atoms with van der Waals surface area (Å²) in [6, 6.07) is 12.7. The number of thioether (sulfide) groups is 1. The SMILES string of the molecule is N#Cc1ccc(/C=C2\SC(=S)N(Cc3ccco3)C2=O)cc1. The van der Waals surface area contributed by atoms with Gasteiger partial charge in [0.15, 0.2) is 0 Å². The van der Waals surface area contributed by atoms with E-state index in [4.69, 9.17) is 21.9 Å². The maximum Gasteiger partial charge on any atom is 0.266 e. The number of furan rings is 1. The Bertz CT molecular complexity index is 787. The summed E-state index contributed by atoms with van der Waals surface area (Å²) in [5, 5.41) is 8.79. The molecule has 0 saturated carbocycles. The summed E-state index contributed by atoms with van der Waals surface area (Å²) in [6.45, 7) is 0.336. The van der Waals surface area contributed by atoms with Crippen LogP contribution in [0.25, 0.3) is 6.08 Å². The molecule has 3 rings (SSSR count). The van der Waals surface area contributed by atoms with Crippen molar-refractivity contribution in [3.05, 3.63) is 64.5 Å². The van der Waals surface area contributed by atoms with Crippen LogP contribution in [0.4, 0.5) is 0 Å². The molecule has 0 spiro atoms. The van der Waals surface area contributed by atoms with Crippen molar-refractivity contribution in [1.29, 1.82) is 5.26 Å². The third-order valence-corrected chi connectivity index (χ3v) is 4.48. The van der Waals surface area contributed by atoms with Crippen LogP contribution in [0, 0.1) is 11.3 Å². The molecular formula is C16H10N2O2S2. The van der Waals surface area contributed by atoms with Crippen molar-refractivity contribution in [2.75, 3.05) is 0 Å². The zero-order valence-electron chi connectivity index (χ0n) is 11.4. The van der Waals surface area contributed by atoms with Crippen LogP contribution in [0.2, 0.25) is 0 Å². The second-order valence-electron chi connectivity index (χ2n) is 4.58. The van der Waals surface area contributed by atoms with E-state index >= 15 is 0 Å². The summed E-state index contributed by atoms with van der Waals surface area (Å²) in [5.41, 5.74) is 1.44. The molecule has 2 heterocycles. The van der Waals surface area contributed by atoms with Crippen LogP contribution in [0.3, 0.4) is 0 Å². The van der Waals surface area contributed by atoms with Gasteiger partial charge >= 0.3 is 0 Å². The van der Waals surface area contributed by atoms with Gasteiger partial charge in [-0.2, -0.15) is 5.26 Å². The quantitative estimate of drug-likeness (QED) is 0.638. The molecule has 0 N–H and O–H groups in total. The van der Waals surface area contributed by atoms with Gasteiger partial charge in [-0.1, -0.05) is 36.1 Å². The van der Waals surface area contributed by atoms with Crippen LogP contribution in [-0.4, -0.2) is 15.1 Å². The van der Waals surface area contributed by atoms with Crippen LogP contribution >= 0.6 is 24.0 Å². The van der Waals surface area contributed by atoms with Gasteiger partial charge in [0.2, 0.25) is 0 Å². The normalized spacial score (nSPS) is 16.3. The number of hydrogen-bond acceptors (Lipinski definition) is 5. The first-order valence-electron chi connectivity index (χ1n) is 6.45. The zero-order chi connectivity index (χ0) is 15.5. The van der Waals surface area contributed by atoms with Crippen LogP contribution in [-0.2, 0) is 11.3 Å². The van der Waals surface area contributed by atoms with Gasteiger partial charge in [-0.05, 0) is 35.9 Å². The highest BCUT2D eigenvalue weighted by atomic mass is 32.2. The molecule has 0 aliphatic carbocycles. The standard InChI is InChI=1S/C16H10N2O2S2/c17-9-12-5-3-11(4-6-12)8-14-15(19)18(16(21)22-14)10-13-2-1-7-20-13/h1-8H,10H2/b14-8-. The van der Waals surface area contributed by atoms with Crippen molar-refractivity contribution in [2.24, 2.45) is 0 Å². The smallest absolute Gasteiger partial charge is 0.266 e. The molecule has 108 valence electrons. The van der Waals surface area contributed by atoms with Crippen molar-refractivity contribution in [3.8, 4) is 6.07 Å². The number of hydrogen-bond donors (Lipinski definition) is 0. The van der Waals surface area contributed by atoms with Crippen LogP contribution in [0.5, 0.6) is 0 Å². The Kier molecular flexibility index (Phi) is 4.09. The highest BCUT2D eigenvalue weighted by Gasteiger charge is 2.32. The summed E-state index contributed by atoms with van der Waals surface area (Å²) in [5.74, 6) is 0.562. The van der Waals surface area contributed by atoms with Crippen LogP contribution in [0.15, 0.2) is 52.0 Å². The first-order chi connectivity index (χ1) is 10.7. The van der Waals surface area contributed by atoms with Gasteiger partial charge in [0.25, 0.3) is 5.91 Å². The topological polar surface area (TPSA) is 57.2 Å². The fourth-order valence-electron chi connectivity index (χ4n) is 2.00. The second-order valence-corrected chi connectivity index (χ2v) is 6.26. The molecule has 0 atom stereocenters. The minimum Gasteiger partial charge on any atom is -0.467 e. The highest BCUT2D eigenvalue weighted by molar-refractivity contribution is 8.26. The molecule has 2 aromatic rings. The fourth-order valence-corrected chi connectivity index (χ4v) is 3.26. The molecule has 1 aliphatic rings. The molecule has 4 nitrogen and oxygen atoms in total. The molecule has 1 aliphatic heterocycles. The first-order valence-corrected chi connectivity index (χ1v) is 7.68. The average molecular weight is 326 g/mol. The average Bonchev–Trinajstić information content (AvgIpc) is 3.13. The number of carbonyl (C=O) groups is 1. The van der Waals surface area contributed by atoms with E-state index in [9.17, 15) is 4.79 Å². The highest BCUT2D eigenvalue weighted by Crippen LogP contribution is 2.33. The Morgan fingerprint density at radius 1 is 1.32 bits per heavy atom. The maximum atomic E-state index is 12.4. The van der Waals surface area contributed by atoms with Gasteiger partial charge in [0.1, 0.15) is 10.1 Å². The minimum absolute atomic E-state index is 0.129. The lowest BCUT2D eigenvalue weighted by molar-refractivity contribution is -0.122. The Hall–Kier alpha value is -2.36. The predicted molar refractivity (Wildman–Crippen MR) is 88.6 cm³/mol. The summed E-state index contributed by atoms with van der Waals surface area (Å²) < 4.78 is 5.77. The van der Waals surface area contributed by atoms with Crippen molar-refractivity contribution < 1.29 is 9.21 Å². The van der Waals surface area contributed by atoms with Gasteiger partial charge in [0.05, 0.1) is 29.3 Å². The summed E-state index contributed by atoms with van der Waals surface area (Å²) in [6.07, 6.45) is 3.35. The molecule has 0 bridgehead atoms. The molecule has 1 aromatic heterocycles. The Morgan fingerprint density at radius 2 is 2.09 bits per heavy atom. The monoisotopic (exact) mass is 326 g/mol. The van der Waals surface area contributed by atoms with Crippen molar-refractivity contribution in [1.82, 2.24) is 4.90 Å². The van der Waals surface area contributed by atoms with E-state index in [1.54, 1.807) is 42.7 Å². The second kappa shape index (κ2) is 6.18. The molecule has 1 fully saturated rings. The van der Waals surface area contributed by atoms with Crippen molar-refractivity contribution in [3.63, 3.8) is 0 Å². The lowest BCUT2D eigenvalue weighted by atomic mass is 10.1. The summed E-state index contributed by atoms with van der Waals surface area (Å²) in [4.78, 5) is 14.5. The van der Waals surface area contributed by atoms with Crippen molar-refractivity contribution in [2.45, 2.75) is 6.54 Å². The zero-order valence-corrected chi connectivity index (χ0v) is 13.0. The lowest BCUT2D eigenvalue weighted by Crippen LogP contribution is -2.27. The molecule has 1 amide bonds. The van der Waals surface area contributed by atoms with Gasteiger partial charge in [-0.3, -0.25) is 9.69 Å². The first kappa shape index (κ1) is 14.6. The number of amides is 1. The van der Waals surface area contributed by atoms with Gasteiger partial charge in [0, 0.05) is 0 Å². The number of nitriles is 1. The third kappa shape index (κ3) is 2.96. The molecule has 22 heavy (non-hydrogen) atoms. The molecule has 6 heteroatoms. The van der Waals surface area contributed by atoms with E-state index in [-0.39, 0.29) is 5.91 Å². The minimum atomic E-state index is -0.129. The third-order valence-electron chi connectivity index (χ3n) is 3.11. The van der Waals surface area contributed by atoms with E-state index in [2.05, 4.69) is 6.07 Å². The number of thiocarbonyl (C=S) groups is 1. The van der Waals surface area contributed by atoms with E-state index in [1.165, 1.54) is 16.7 Å². The van der Waals surface area contributed by atoms with Crippen LogP contribution in [0.1, 0.15) is 16.9 Å². The molecular weight excluding hydrogens is 316 g/mol. The van der Waals surface area contributed by atoms with Crippen LogP contribution < -0.4 is 0 Å². The number of benzene rings is 1. The number of carbonyl (C=O) groups excluding carboxylic acids is 1. The maximum absolute atomic E-state index is 12.4. The number of nitrogens with zero attached hydrogens (tertiary/aromatic N) is 2. The Morgan fingerprint density at radius 3 is 2.73 bits per heavy atom. The Labute approximate surface area is 137 Å². The fraction of sp³-hybridized carbons (Fsp3) is 0.0625. The Balaban J connectivity index is 1.80. The molecule has 1 aromatic carbocycles. The largest absolute Gasteiger partial charge is 0.467 e. The van der Waals surface area contributed by atoms with Gasteiger partial charge in [-0.25, -0.2) is 0 Å². The molecule has 0 radical (unpaired) electrons. The lowest BCUT2D eigenvalue weighted by Gasteiger charge is -2.11. The number of rotatable bonds is 3. The molecule has 1 saturated heterocycles. The van der Waals surface area contributed by atoms with Gasteiger partial charge < -0.3 is 4.42 Å².